The molecule has 3 heterocycles. The third kappa shape index (κ3) is 6.46. The number of esters is 1. The molecule has 0 saturated heterocycles. The summed E-state index contributed by atoms with van der Waals surface area (Å²) in [4.78, 5) is 37.4. The molecule has 0 aliphatic rings. The van der Waals surface area contributed by atoms with E-state index in [1.165, 1.54) is 19.4 Å². The molecular formula is C29H26N6O3. The SMILES string of the molecule is C=C/C(=C\c1c(Nc2ccc(C(=O)Nc3ccc(Nc4ccncc4)cc3)cn2)ccnc1C)C(=O)OC. The number of nitrogens with zero attached hydrogens (tertiary/aromatic N) is 3. The molecule has 0 fully saturated rings. The van der Waals surface area contributed by atoms with Gasteiger partial charge in [-0.25, -0.2) is 9.78 Å². The number of amides is 1. The summed E-state index contributed by atoms with van der Waals surface area (Å²) < 4.78 is 4.81. The summed E-state index contributed by atoms with van der Waals surface area (Å²) in [6.45, 7) is 5.51. The van der Waals surface area contributed by atoms with Crippen molar-refractivity contribution in [3.8, 4) is 0 Å². The van der Waals surface area contributed by atoms with Crippen molar-refractivity contribution in [3.63, 3.8) is 0 Å². The summed E-state index contributed by atoms with van der Waals surface area (Å²) in [6.07, 6.45) is 9.65. The zero-order chi connectivity index (χ0) is 26.9. The van der Waals surface area contributed by atoms with Crippen LogP contribution in [0.4, 0.5) is 28.6 Å². The van der Waals surface area contributed by atoms with Crippen LogP contribution in [0.5, 0.6) is 0 Å². The molecule has 0 saturated carbocycles. The van der Waals surface area contributed by atoms with Gasteiger partial charge in [0.1, 0.15) is 5.82 Å². The second-order valence-electron chi connectivity index (χ2n) is 8.10. The normalized spacial score (nSPS) is 10.8. The Hall–Kier alpha value is -5.31. The zero-order valence-electron chi connectivity index (χ0n) is 20.9. The first-order chi connectivity index (χ1) is 18.5. The molecule has 0 aliphatic carbocycles. The van der Waals surface area contributed by atoms with Gasteiger partial charge in [-0.3, -0.25) is 14.8 Å². The average Bonchev–Trinajstić information content (AvgIpc) is 2.94. The van der Waals surface area contributed by atoms with Crippen molar-refractivity contribution < 1.29 is 14.3 Å². The topological polar surface area (TPSA) is 118 Å². The fraction of sp³-hybridized carbons (Fsp3) is 0.0690. The first-order valence-electron chi connectivity index (χ1n) is 11.7. The van der Waals surface area contributed by atoms with E-state index >= 15 is 0 Å². The number of pyridine rings is 3. The lowest BCUT2D eigenvalue weighted by atomic mass is 10.1. The lowest BCUT2D eigenvalue weighted by Gasteiger charge is -2.12. The van der Waals surface area contributed by atoms with Gasteiger partial charge in [0.15, 0.2) is 0 Å². The molecule has 0 unspecified atom stereocenters. The van der Waals surface area contributed by atoms with Crippen LogP contribution < -0.4 is 16.0 Å². The third-order valence-corrected chi connectivity index (χ3v) is 5.53. The number of hydrogen-bond acceptors (Lipinski definition) is 8. The van der Waals surface area contributed by atoms with Gasteiger partial charge in [-0.2, -0.15) is 0 Å². The Bertz CT molecular complexity index is 1470. The monoisotopic (exact) mass is 506 g/mol. The summed E-state index contributed by atoms with van der Waals surface area (Å²) in [5.74, 6) is -0.259. The standard InChI is InChI=1S/C29H26N6O3/c1-4-20(29(37)38-3)17-25-19(2)31-16-13-26(25)35-27-10-5-21(18-32-27)28(36)34-23-8-6-22(7-9-23)33-24-11-14-30-15-12-24/h4-18H,1H2,2-3H3,(H,30,33)(H,34,36)(H,31,32,35)/b20-17+. The van der Waals surface area contributed by atoms with Crippen molar-refractivity contribution in [2.24, 2.45) is 0 Å². The van der Waals surface area contributed by atoms with Gasteiger partial charge in [0, 0.05) is 53.1 Å². The summed E-state index contributed by atoms with van der Waals surface area (Å²) in [5, 5.41) is 9.36. The molecule has 0 atom stereocenters. The van der Waals surface area contributed by atoms with Gasteiger partial charge in [-0.1, -0.05) is 12.7 Å². The fourth-order valence-corrected chi connectivity index (χ4v) is 3.53. The highest BCUT2D eigenvalue weighted by Gasteiger charge is 2.12. The van der Waals surface area contributed by atoms with Crippen LogP contribution in [0.2, 0.25) is 0 Å². The van der Waals surface area contributed by atoms with Crippen molar-refractivity contribution in [1.29, 1.82) is 0 Å². The zero-order valence-corrected chi connectivity index (χ0v) is 20.9. The molecule has 0 radical (unpaired) electrons. The average molecular weight is 507 g/mol. The van der Waals surface area contributed by atoms with E-state index in [9.17, 15) is 9.59 Å². The Morgan fingerprint density at radius 2 is 1.58 bits per heavy atom. The number of carbonyl (C=O) groups is 2. The molecule has 0 spiro atoms. The van der Waals surface area contributed by atoms with Gasteiger partial charge in [-0.05, 0) is 67.6 Å². The maximum absolute atomic E-state index is 12.7. The number of ether oxygens (including phenoxy) is 1. The summed E-state index contributed by atoms with van der Waals surface area (Å²) in [5.41, 5.74) is 5.25. The maximum Gasteiger partial charge on any atom is 0.337 e. The van der Waals surface area contributed by atoms with Crippen molar-refractivity contribution in [3.05, 3.63) is 114 Å². The number of anilines is 5. The largest absolute Gasteiger partial charge is 0.465 e. The highest BCUT2D eigenvalue weighted by atomic mass is 16.5. The van der Waals surface area contributed by atoms with Crippen LogP contribution in [0, 0.1) is 6.92 Å². The molecule has 9 heteroatoms. The Balaban J connectivity index is 1.43. The molecule has 0 aliphatic heterocycles. The van der Waals surface area contributed by atoms with E-state index in [1.807, 2.05) is 43.3 Å². The quantitative estimate of drug-likeness (QED) is 0.151. The Morgan fingerprint density at radius 3 is 2.24 bits per heavy atom. The predicted molar refractivity (Wildman–Crippen MR) is 149 cm³/mol. The minimum atomic E-state index is -0.498. The van der Waals surface area contributed by atoms with Gasteiger partial charge < -0.3 is 20.7 Å². The highest BCUT2D eigenvalue weighted by molar-refractivity contribution is 6.04. The third-order valence-electron chi connectivity index (χ3n) is 5.53. The smallest absolute Gasteiger partial charge is 0.337 e. The van der Waals surface area contributed by atoms with Crippen LogP contribution in [-0.4, -0.2) is 33.9 Å². The van der Waals surface area contributed by atoms with Crippen molar-refractivity contribution in [1.82, 2.24) is 15.0 Å². The molecule has 1 aromatic carbocycles. The van der Waals surface area contributed by atoms with Crippen LogP contribution in [0.3, 0.4) is 0 Å². The van der Waals surface area contributed by atoms with E-state index in [0.29, 0.717) is 39.6 Å². The van der Waals surface area contributed by atoms with Crippen LogP contribution in [0.25, 0.3) is 6.08 Å². The maximum atomic E-state index is 12.7. The van der Waals surface area contributed by atoms with Crippen LogP contribution in [0.15, 0.2) is 97.6 Å². The van der Waals surface area contributed by atoms with E-state index in [2.05, 4.69) is 37.5 Å². The molecule has 190 valence electrons. The second kappa shape index (κ2) is 12.1. The number of nitrogens with one attached hydrogen (secondary N) is 3. The Labute approximate surface area is 220 Å². The molecule has 3 N–H and O–H groups in total. The van der Waals surface area contributed by atoms with Gasteiger partial charge in [0.25, 0.3) is 5.91 Å². The Kier molecular flexibility index (Phi) is 8.20. The van der Waals surface area contributed by atoms with Gasteiger partial charge in [0.2, 0.25) is 0 Å². The van der Waals surface area contributed by atoms with E-state index in [4.69, 9.17) is 4.74 Å². The van der Waals surface area contributed by atoms with Crippen LogP contribution >= 0.6 is 0 Å². The summed E-state index contributed by atoms with van der Waals surface area (Å²) >= 11 is 0. The summed E-state index contributed by atoms with van der Waals surface area (Å²) in [6, 6.07) is 16.3. The lowest BCUT2D eigenvalue weighted by Crippen LogP contribution is -2.12. The number of aromatic nitrogens is 3. The number of methoxy groups -OCH3 is 1. The second-order valence-corrected chi connectivity index (χ2v) is 8.10. The van der Waals surface area contributed by atoms with E-state index in [0.717, 1.165) is 11.4 Å². The number of hydrogen-bond donors (Lipinski definition) is 3. The molecular weight excluding hydrogens is 480 g/mol. The molecule has 0 bridgehead atoms. The highest BCUT2D eigenvalue weighted by Crippen LogP contribution is 2.25. The summed E-state index contributed by atoms with van der Waals surface area (Å²) in [7, 11) is 1.31. The molecule has 38 heavy (non-hydrogen) atoms. The fourth-order valence-electron chi connectivity index (χ4n) is 3.53. The minimum Gasteiger partial charge on any atom is -0.465 e. The van der Waals surface area contributed by atoms with Crippen molar-refractivity contribution in [2.45, 2.75) is 6.92 Å². The van der Waals surface area contributed by atoms with Crippen molar-refractivity contribution >= 4 is 46.5 Å². The number of carbonyl (C=O) groups excluding carboxylic acids is 2. The molecule has 9 nitrogen and oxygen atoms in total. The molecule has 4 rings (SSSR count). The Morgan fingerprint density at radius 1 is 0.868 bits per heavy atom. The number of benzene rings is 1. The van der Waals surface area contributed by atoms with Gasteiger partial charge in [0.05, 0.1) is 23.9 Å². The van der Waals surface area contributed by atoms with Gasteiger partial charge in [-0.15, -0.1) is 0 Å². The molecule has 3 aromatic heterocycles. The van der Waals surface area contributed by atoms with E-state index in [1.54, 1.807) is 42.9 Å². The molecule has 1 amide bonds. The molecule has 4 aromatic rings. The van der Waals surface area contributed by atoms with Crippen LogP contribution in [0.1, 0.15) is 21.6 Å². The first-order valence-corrected chi connectivity index (χ1v) is 11.7. The van der Waals surface area contributed by atoms with E-state index < -0.39 is 5.97 Å². The minimum absolute atomic E-state index is 0.282. The van der Waals surface area contributed by atoms with Crippen LogP contribution in [-0.2, 0) is 9.53 Å². The first kappa shape index (κ1) is 25.8. The van der Waals surface area contributed by atoms with Crippen molar-refractivity contribution in [2.75, 3.05) is 23.1 Å². The predicted octanol–water partition coefficient (Wildman–Crippen LogP) is 5.66. The number of aryl methyl sites for hydroxylation is 1. The number of rotatable bonds is 9. The van der Waals surface area contributed by atoms with E-state index in [-0.39, 0.29) is 5.91 Å². The lowest BCUT2D eigenvalue weighted by molar-refractivity contribution is -0.135. The van der Waals surface area contributed by atoms with Gasteiger partial charge >= 0.3 is 5.97 Å².